The summed E-state index contributed by atoms with van der Waals surface area (Å²) in [6.07, 6.45) is 9.76. The van der Waals surface area contributed by atoms with E-state index in [0.29, 0.717) is 57.5 Å². The Balaban J connectivity index is 1.71. The van der Waals surface area contributed by atoms with E-state index in [1.807, 2.05) is 39.0 Å². The highest BCUT2D eigenvalue weighted by Crippen LogP contribution is 2.48. The van der Waals surface area contributed by atoms with Gasteiger partial charge < -0.3 is 29.7 Å². The van der Waals surface area contributed by atoms with Gasteiger partial charge in [0.15, 0.2) is 12.1 Å². The Kier molecular flexibility index (Phi) is 8.29. The first kappa shape index (κ1) is 31.8. The number of Topliss-reactive ketones (excluding diaryl/α,β-unsaturated/α-hetero) is 1. The maximum absolute atomic E-state index is 14.1. The number of hydrogen-bond acceptors (Lipinski definition) is 7. The fourth-order valence-corrected chi connectivity index (χ4v) is 7.45. The third kappa shape index (κ3) is 5.03. The lowest BCUT2D eigenvalue weighted by molar-refractivity contribution is -0.143. The molecule has 5 heterocycles. The quantitative estimate of drug-likeness (QED) is 0.165. The number of aromatic amines is 3. The molecule has 1 fully saturated rings. The predicted molar refractivity (Wildman–Crippen MR) is 179 cm³/mol. The summed E-state index contributed by atoms with van der Waals surface area (Å²) in [6, 6.07) is 0. The zero-order chi connectivity index (χ0) is 33.7. The molecule has 3 aliphatic rings. The monoisotopic (exact) mass is 636 g/mol. The lowest BCUT2D eigenvalue weighted by Crippen LogP contribution is -2.25. The lowest BCUT2D eigenvalue weighted by Gasteiger charge is -2.19. The second-order valence-corrected chi connectivity index (χ2v) is 12.3. The van der Waals surface area contributed by atoms with Crippen LogP contribution >= 0.6 is 0 Å². The highest BCUT2D eigenvalue weighted by Gasteiger charge is 2.48. The Hall–Kier alpha value is -5.12. The van der Waals surface area contributed by atoms with Gasteiger partial charge in [-0.1, -0.05) is 26.5 Å². The fraction of sp³-hybridized carbons (Fsp3) is 0.351. The van der Waals surface area contributed by atoms with Crippen molar-refractivity contribution < 1.29 is 28.7 Å². The van der Waals surface area contributed by atoms with Crippen LogP contribution in [0.2, 0.25) is 0 Å². The average Bonchev–Trinajstić information content (AvgIpc) is 3.80. The van der Waals surface area contributed by atoms with Crippen LogP contribution in [0.5, 0.6) is 0 Å². The van der Waals surface area contributed by atoms with Crippen molar-refractivity contribution in [3.05, 3.63) is 84.8 Å². The first-order valence-electron chi connectivity index (χ1n) is 16.1. The van der Waals surface area contributed by atoms with Crippen molar-refractivity contribution in [1.29, 1.82) is 0 Å². The van der Waals surface area contributed by atoms with Gasteiger partial charge in [0.05, 0.1) is 24.8 Å². The van der Waals surface area contributed by atoms with Crippen molar-refractivity contribution in [3.8, 4) is 0 Å². The minimum Gasteiger partial charge on any atom is -0.468 e. The van der Waals surface area contributed by atoms with Gasteiger partial charge in [0.2, 0.25) is 0 Å². The molecule has 0 saturated carbocycles. The zero-order valence-corrected chi connectivity index (χ0v) is 27.6. The van der Waals surface area contributed by atoms with Gasteiger partial charge in [-0.2, -0.15) is 0 Å². The fourth-order valence-electron chi connectivity index (χ4n) is 7.45. The van der Waals surface area contributed by atoms with Crippen LogP contribution in [0.25, 0.3) is 29.9 Å². The number of esters is 2. The number of ketones is 1. The van der Waals surface area contributed by atoms with Gasteiger partial charge in [0.1, 0.15) is 5.92 Å². The minimum atomic E-state index is -1.17. The van der Waals surface area contributed by atoms with E-state index in [9.17, 15) is 19.2 Å². The van der Waals surface area contributed by atoms with E-state index >= 15 is 0 Å². The zero-order valence-electron chi connectivity index (χ0n) is 27.6. The maximum Gasteiger partial charge on any atom is 0.321 e. The highest BCUT2D eigenvalue weighted by molar-refractivity contribution is 6.24. The van der Waals surface area contributed by atoms with Crippen molar-refractivity contribution in [2.24, 2.45) is 17.8 Å². The minimum absolute atomic E-state index is 0.108. The summed E-state index contributed by atoms with van der Waals surface area (Å²) >= 11 is 0. The molecular formula is C37H40N4O6. The number of methoxy groups -OCH3 is 1. The molecule has 3 aromatic heterocycles. The van der Waals surface area contributed by atoms with Gasteiger partial charge >= 0.3 is 11.9 Å². The molecule has 8 bridgehead atoms. The Morgan fingerprint density at radius 1 is 0.979 bits per heavy atom. The molecule has 0 spiro atoms. The molecule has 10 nitrogen and oxygen atoms in total. The number of aromatic nitrogens is 3. The summed E-state index contributed by atoms with van der Waals surface area (Å²) < 4.78 is 10.4. The van der Waals surface area contributed by atoms with Crippen molar-refractivity contribution in [3.63, 3.8) is 0 Å². The van der Waals surface area contributed by atoms with E-state index in [2.05, 4.69) is 33.8 Å². The summed E-state index contributed by atoms with van der Waals surface area (Å²) in [6.45, 7) is 14.0. The van der Waals surface area contributed by atoms with Crippen LogP contribution < -0.4 is 16.0 Å². The average molecular weight is 637 g/mol. The van der Waals surface area contributed by atoms with E-state index in [0.717, 1.165) is 45.4 Å². The molecule has 0 radical (unpaired) electrons. The Morgan fingerprint density at radius 2 is 1.70 bits per heavy atom. The summed E-state index contributed by atoms with van der Waals surface area (Å²) in [7, 11) is 1.28. The van der Waals surface area contributed by atoms with E-state index in [4.69, 9.17) is 9.47 Å². The Labute approximate surface area is 272 Å². The maximum atomic E-state index is 14.1. The van der Waals surface area contributed by atoms with Gasteiger partial charge in [0, 0.05) is 74.3 Å². The standard InChI is InChI=1S/C37H40N4O6/c1-8-20-17(4)24-13-25-18(5)22(11-12-30(43)47-10-3)34(40-25)32-33(37(45)46-7)36(44)31-19(6)26(41-35(31)32)14-28-21(9-2)23(16-42)29(39-28)15-27(20)38-24/h8,13-16,18,22,33,38-41H,1,9-12H2,2-7H3/b25-13-,28-14-,29-15-,34-32-/t18-,22-,33+/m0/s1. The number of nitrogens with one attached hydrogen (secondary N) is 4. The number of ether oxygens (including phenoxy) is 2. The van der Waals surface area contributed by atoms with E-state index in [1.54, 1.807) is 13.0 Å². The number of rotatable bonds is 8. The largest absolute Gasteiger partial charge is 0.468 e. The van der Waals surface area contributed by atoms with Crippen molar-refractivity contribution in [2.45, 2.75) is 53.9 Å². The van der Waals surface area contributed by atoms with Crippen LogP contribution in [-0.4, -0.2) is 52.7 Å². The molecule has 1 saturated heterocycles. The summed E-state index contributed by atoms with van der Waals surface area (Å²) in [4.78, 5) is 62.9. The molecule has 1 aliphatic carbocycles. The number of fused-ring (bicyclic) bond motifs is 7. The highest BCUT2D eigenvalue weighted by atomic mass is 16.5. The van der Waals surface area contributed by atoms with E-state index in [-0.39, 0.29) is 36.6 Å². The molecule has 2 aliphatic heterocycles. The number of carbonyl (C=O) groups is 4. The summed E-state index contributed by atoms with van der Waals surface area (Å²) in [5.74, 6) is -2.80. The molecule has 47 heavy (non-hydrogen) atoms. The predicted octanol–water partition coefficient (Wildman–Crippen LogP) is 4.21. The Morgan fingerprint density at radius 3 is 2.36 bits per heavy atom. The van der Waals surface area contributed by atoms with Crippen LogP contribution in [0.4, 0.5) is 0 Å². The van der Waals surface area contributed by atoms with Crippen molar-refractivity contribution in [2.75, 3.05) is 13.7 Å². The summed E-state index contributed by atoms with van der Waals surface area (Å²) in [5, 5.41) is 5.00. The Bertz CT molecular complexity index is 2050. The molecule has 3 atom stereocenters. The topological polar surface area (TPSA) is 146 Å². The number of aldehydes is 1. The van der Waals surface area contributed by atoms with E-state index in [1.165, 1.54) is 7.11 Å². The van der Waals surface area contributed by atoms with Gasteiger partial charge in [-0.15, -0.1) is 0 Å². The number of carbonyl (C=O) groups excluding carboxylic acids is 4. The van der Waals surface area contributed by atoms with Crippen LogP contribution in [0.1, 0.15) is 99.4 Å². The molecular weight excluding hydrogens is 596 g/mol. The lowest BCUT2D eigenvalue weighted by atomic mass is 9.85. The normalized spacial score (nSPS) is 23.6. The van der Waals surface area contributed by atoms with Crippen LogP contribution in [0.15, 0.2) is 18.0 Å². The van der Waals surface area contributed by atoms with Crippen LogP contribution in [-0.2, 0) is 25.5 Å². The second kappa shape index (κ2) is 12.2. The molecule has 0 unspecified atom stereocenters. The smallest absolute Gasteiger partial charge is 0.321 e. The molecule has 6 rings (SSSR count). The number of H-pyrrole nitrogens is 3. The van der Waals surface area contributed by atoms with Crippen LogP contribution in [0, 0.1) is 31.6 Å². The first-order valence-corrected chi connectivity index (χ1v) is 16.1. The van der Waals surface area contributed by atoms with Gasteiger partial charge in [-0.25, -0.2) is 0 Å². The number of allylic oxidation sites excluding steroid dienone is 2. The van der Waals surface area contributed by atoms with Gasteiger partial charge in [-0.3, -0.25) is 19.2 Å². The second-order valence-electron chi connectivity index (χ2n) is 12.3. The third-order valence-electron chi connectivity index (χ3n) is 9.92. The van der Waals surface area contributed by atoms with Crippen molar-refractivity contribution in [1.82, 2.24) is 20.3 Å². The molecule has 3 aromatic rings. The van der Waals surface area contributed by atoms with Crippen LogP contribution in [0.3, 0.4) is 0 Å². The van der Waals surface area contributed by atoms with E-state index < -0.39 is 11.9 Å². The molecule has 0 aromatic carbocycles. The number of hydrogen-bond donors (Lipinski definition) is 4. The molecule has 0 amide bonds. The SMILES string of the molecule is C=Cc1c2[nH]c(c1C)/C=C1\N/C(=C3\c4[nH]c(c(C)c4C(=O)[C@@H]3C(=O)OC)/C=c3\[nH]/c(c(C=O)c3CC)=C\2)[C@@H](CCC(=O)OCC)[C@@H]1C. The molecule has 244 valence electrons. The third-order valence-corrected chi connectivity index (χ3v) is 9.92. The molecule has 10 heteroatoms. The first-order chi connectivity index (χ1) is 22.6. The van der Waals surface area contributed by atoms with Gasteiger partial charge in [-0.05, 0) is 68.5 Å². The van der Waals surface area contributed by atoms with Crippen molar-refractivity contribution >= 4 is 53.9 Å². The van der Waals surface area contributed by atoms with Gasteiger partial charge in [0.25, 0.3) is 0 Å². The summed E-state index contributed by atoms with van der Waals surface area (Å²) in [5.41, 5.74) is 9.38. The molecule has 4 N–H and O–H groups in total.